The number of hydrogen-bond acceptors (Lipinski definition) is 3. The van der Waals surface area contributed by atoms with Crippen molar-refractivity contribution in [2.45, 2.75) is 25.8 Å². The van der Waals surface area contributed by atoms with Gasteiger partial charge in [0.2, 0.25) is 0 Å². The molecule has 2 aromatic rings. The lowest BCUT2D eigenvalue weighted by molar-refractivity contribution is 0.0924. The van der Waals surface area contributed by atoms with E-state index in [1.54, 1.807) is 6.92 Å². The summed E-state index contributed by atoms with van der Waals surface area (Å²) in [6.45, 7) is 3.53. The van der Waals surface area contributed by atoms with Crippen LogP contribution in [0.1, 0.15) is 30.6 Å². The van der Waals surface area contributed by atoms with Crippen molar-refractivity contribution in [2.24, 2.45) is 0 Å². The molecule has 0 saturated carbocycles. The van der Waals surface area contributed by atoms with Gasteiger partial charge in [-0.3, -0.25) is 4.79 Å². The van der Waals surface area contributed by atoms with E-state index < -0.39 is 23.1 Å². The Morgan fingerprint density at radius 3 is 2.54 bits per heavy atom. The molecule has 2 rings (SSSR count). The van der Waals surface area contributed by atoms with Crippen molar-refractivity contribution in [2.75, 3.05) is 5.32 Å². The predicted molar refractivity (Wildman–Crippen MR) is 88.9 cm³/mol. The smallest absolute Gasteiger partial charge is 0.256 e. The van der Waals surface area contributed by atoms with Crippen LogP contribution in [0.5, 0.6) is 0 Å². The molecule has 1 aromatic heterocycles. The number of pyridine rings is 1. The molecule has 1 atom stereocenters. The van der Waals surface area contributed by atoms with Gasteiger partial charge in [-0.15, -0.1) is 6.42 Å². The minimum Gasteiger partial charge on any atom is -0.340 e. The number of aromatic nitrogens is 1. The van der Waals surface area contributed by atoms with Crippen molar-refractivity contribution in [3.63, 3.8) is 0 Å². The maximum absolute atomic E-state index is 13.5. The Morgan fingerprint density at radius 2 is 1.96 bits per heavy atom. The number of carbonyl (C=O) groups excluding carboxylic acids is 1. The second-order valence-corrected chi connectivity index (χ2v) is 5.47. The first-order valence-electron chi connectivity index (χ1n) is 7.35. The average molecular weight is 329 g/mol. The predicted octanol–water partition coefficient (Wildman–Crippen LogP) is 3.64. The Labute approximate surface area is 139 Å². The first-order chi connectivity index (χ1) is 11.4. The van der Waals surface area contributed by atoms with Crippen LogP contribution in [0.25, 0.3) is 0 Å². The van der Waals surface area contributed by atoms with Crippen molar-refractivity contribution in [3.05, 3.63) is 53.7 Å². The monoisotopic (exact) mass is 329 g/mol. The van der Waals surface area contributed by atoms with Gasteiger partial charge in [0, 0.05) is 5.69 Å². The Balaban J connectivity index is 2.32. The van der Waals surface area contributed by atoms with Crippen molar-refractivity contribution < 1.29 is 13.6 Å². The summed E-state index contributed by atoms with van der Waals surface area (Å²) in [7, 11) is 0. The van der Waals surface area contributed by atoms with Crippen LogP contribution in [0.3, 0.4) is 0 Å². The van der Waals surface area contributed by atoms with Gasteiger partial charge in [-0.2, -0.15) is 0 Å². The second kappa shape index (κ2) is 7.09. The Morgan fingerprint density at radius 1 is 1.29 bits per heavy atom. The van der Waals surface area contributed by atoms with Crippen LogP contribution >= 0.6 is 0 Å². The van der Waals surface area contributed by atoms with Crippen LogP contribution in [0.2, 0.25) is 0 Å². The fourth-order valence-electron chi connectivity index (χ4n) is 1.93. The third-order valence-electron chi connectivity index (χ3n) is 3.62. The van der Waals surface area contributed by atoms with Gasteiger partial charge in [-0.1, -0.05) is 12.8 Å². The van der Waals surface area contributed by atoms with Gasteiger partial charge in [-0.05, 0) is 43.7 Å². The zero-order valence-corrected chi connectivity index (χ0v) is 13.4. The van der Waals surface area contributed by atoms with Crippen LogP contribution < -0.4 is 10.6 Å². The number of terminal acetylenes is 1. The molecule has 0 fully saturated rings. The molecule has 1 unspecified atom stereocenters. The Kier molecular flexibility index (Phi) is 5.14. The average Bonchev–Trinajstić information content (AvgIpc) is 2.58. The summed E-state index contributed by atoms with van der Waals surface area (Å²) in [5.74, 6) is 1.07. The normalized spacial score (nSPS) is 12.8. The van der Waals surface area contributed by atoms with E-state index in [2.05, 4.69) is 21.5 Å². The molecule has 0 aliphatic rings. The Bertz CT molecular complexity index is 784. The van der Waals surface area contributed by atoms with Crippen LogP contribution in [-0.4, -0.2) is 16.4 Å². The number of nitrogens with one attached hydrogen (secondary N) is 2. The molecule has 0 bridgehead atoms. The third kappa shape index (κ3) is 4.07. The number of rotatable bonds is 5. The lowest BCUT2D eigenvalue weighted by atomic mass is 9.99. The SMILES string of the molecule is C#CC(C)(CC)NC(=O)c1cc(F)cnc1Nc1ccc(F)cc1. The van der Waals surface area contributed by atoms with E-state index in [-0.39, 0.29) is 11.4 Å². The van der Waals surface area contributed by atoms with Crippen LogP contribution in [0, 0.1) is 24.0 Å². The zero-order valence-electron chi connectivity index (χ0n) is 13.4. The number of nitrogens with zero attached hydrogens (tertiary/aromatic N) is 1. The van der Waals surface area contributed by atoms with Gasteiger partial charge in [0.05, 0.1) is 17.3 Å². The summed E-state index contributed by atoms with van der Waals surface area (Å²) in [6.07, 6.45) is 6.95. The molecule has 0 aliphatic heterocycles. The molecule has 24 heavy (non-hydrogen) atoms. The minimum atomic E-state index is -0.851. The van der Waals surface area contributed by atoms with Gasteiger partial charge < -0.3 is 10.6 Å². The molecule has 0 saturated heterocycles. The highest BCUT2D eigenvalue weighted by Crippen LogP contribution is 2.21. The number of amides is 1. The zero-order chi connectivity index (χ0) is 17.7. The largest absolute Gasteiger partial charge is 0.340 e. The molecular weight excluding hydrogens is 312 g/mol. The third-order valence-corrected chi connectivity index (χ3v) is 3.62. The second-order valence-electron chi connectivity index (χ2n) is 5.47. The fourth-order valence-corrected chi connectivity index (χ4v) is 1.93. The van der Waals surface area contributed by atoms with Gasteiger partial charge in [-0.25, -0.2) is 13.8 Å². The molecular formula is C18H17F2N3O. The minimum absolute atomic E-state index is 0.00856. The van der Waals surface area contributed by atoms with E-state index in [9.17, 15) is 13.6 Å². The molecule has 0 spiro atoms. The van der Waals surface area contributed by atoms with Crippen LogP contribution in [-0.2, 0) is 0 Å². The summed E-state index contributed by atoms with van der Waals surface area (Å²) in [5, 5.41) is 5.56. The highest BCUT2D eigenvalue weighted by Gasteiger charge is 2.24. The summed E-state index contributed by atoms with van der Waals surface area (Å²) in [6, 6.07) is 6.57. The molecule has 6 heteroatoms. The first kappa shape index (κ1) is 17.4. The molecule has 0 radical (unpaired) electrons. The summed E-state index contributed by atoms with van der Waals surface area (Å²) >= 11 is 0. The maximum atomic E-state index is 13.5. The molecule has 1 amide bonds. The Hall–Kier alpha value is -2.94. The maximum Gasteiger partial charge on any atom is 0.256 e. The van der Waals surface area contributed by atoms with E-state index >= 15 is 0 Å². The molecule has 124 valence electrons. The van der Waals surface area contributed by atoms with Gasteiger partial charge >= 0.3 is 0 Å². The molecule has 1 aromatic carbocycles. The first-order valence-corrected chi connectivity index (χ1v) is 7.35. The molecule has 0 aliphatic carbocycles. The van der Waals surface area contributed by atoms with Gasteiger partial charge in [0.15, 0.2) is 0 Å². The number of carbonyl (C=O) groups is 1. The lowest BCUT2D eigenvalue weighted by Gasteiger charge is -2.24. The number of hydrogen-bond donors (Lipinski definition) is 2. The van der Waals surface area contributed by atoms with Crippen molar-refractivity contribution in [1.82, 2.24) is 10.3 Å². The molecule has 1 heterocycles. The van der Waals surface area contributed by atoms with Gasteiger partial charge in [0.25, 0.3) is 5.91 Å². The number of anilines is 2. The summed E-state index contributed by atoms with van der Waals surface area (Å²) < 4.78 is 26.5. The molecule has 2 N–H and O–H groups in total. The van der Waals surface area contributed by atoms with Crippen LogP contribution in [0.15, 0.2) is 36.5 Å². The van der Waals surface area contributed by atoms with E-state index in [0.29, 0.717) is 12.1 Å². The number of halogens is 2. The molecule has 4 nitrogen and oxygen atoms in total. The summed E-state index contributed by atoms with van der Waals surface area (Å²) in [5.41, 5.74) is -0.328. The fraction of sp³-hybridized carbons (Fsp3) is 0.222. The topological polar surface area (TPSA) is 54.0 Å². The number of benzene rings is 1. The van der Waals surface area contributed by atoms with E-state index in [1.807, 2.05) is 6.92 Å². The highest BCUT2D eigenvalue weighted by atomic mass is 19.1. The van der Waals surface area contributed by atoms with Crippen LogP contribution in [0.4, 0.5) is 20.3 Å². The highest BCUT2D eigenvalue weighted by molar-refractivity contribution is 6.00. The standard InChI is InChI=1S/C18H17F2N3O/c1-4-18(3,5-2)23-17(24)15-10-13(20)11-21-16(15)22-14-8-6-12(19)7-9-14/h1,6-11H,5H2,2-3H3,(H,21,22)(H,23,24). The van der Waals surface area contributed by atoms with Crippen molar-refractivity contribution >= 4 is 17.4 Å². The van der Waals surface area contributed by atoms with E-state index in [4.69, 9.17) is 6.42 Å². The van der Waals surface area contributed by atoms with Crippen molar-refractivity contribution in [3.8, 4) is 12.3 Å². The lowest BCUT2D eigenvalue weighted by Crippen LogP contribution is -2.44. The van der Waals surface area contributed by atoms with E-state index in [1.165, 1.54) is 24.3 Å². The van der Waals surface area contributed by atoms with Crippen molar-refractivity contribution in [1.29, 1.82) is 0 Å². The van der Waals surface area contributed by atoms with Gasteiger partial charge in [0.1, 0.15) is 17.5 Å². The quantitative estimate of drug-likeness (QED) is 0.824. The van der Waals surface area contributed by atoms with E-state index in [0.717, 1.165) is 12.3 Å². The summed E-state index contributed by atoms with van der Waals surface area (Å²) in [4.78, 5) is 16.4.